The monoisotopic (exact) mass is 268 g/mol. The molecule has 0 aliphatic rings. The number of ether oxygens (including phenoxy) is 1. The summed E-state index contributed by atoms with van der Waals surface area (Å²) >= 11 is 1.46. The van der Waals surface area contributed by atoms with Gasteiger partial charge in [0.05, 0.1) is 0 Å². The lowest BCUT2D eigenvalue weighted by Crippen LogP contribution is -2.16. The quantitative estimate of drug-likeness (QED) is 0.668. The Bertz CT molecular complexity index is 270. The number of alkyl halides is 3. The molecule has 0 saturated heterocycles. The fourth-order valence-electron chi connectivity index (χ4n) is 0.777. The summed E-state index contributed by atoms with van der Waals surface area (Å²) in [6.45, 7) is 8.00. The lowest BCUT2D eigenvalue weighted by atomic mass is 10.3. The molecule has 100 valence electrons. The third-order valence-electron chi connectivity index (χ3n) is 1.29. The number of hydrogen-bond acceptors (Lipinski definition) is 2. The Morgan fingerprint density at radius 3 is 1.65 bits per heavy atom. The van der Waals surface area contributed by atoms with Gasteiger partial charge in [-0.25, -0.2) is 0 Å². The third kappa shape index (κ3) is 10.1. The van der Waals surface area contributed by atoms with Crippen LogP contribution in [0, 0.1) is 0 Å². The summed E-state index contributed by atoms with van der Waals surface area (Å²) in [7, 11) is 0. The number of rotatable bonds is 2. The molecule has 0 radical (unpaired) electrons. The van der Waals surface area contributed by atoms with Crippen LogP contribution in [0.5, 0.6) is 5.75 Å². The zero-order valence-electron chi connectivity index (χ0n) is 10.8. The molecule has 5 heteroatoms. The Morgan fingerprint density at radius 2 is 1.35 bits per heavy atom. The zero-order valence-corrected chi connectivity index (χ0v) is 11.6. The van der Waals surface area contributed by atoms with Gasteiger partial charge in [-0.15, -0.1) is 24.9 Å². The Kier molecular flexibility index (Phi) is 11.2. The van der Waals surface area contributed by atoms with E-state index in [9.17, 15) is 13.2 Å². The fraction of sp³-hybridized carbons (Fsp3) is 0.500. The van der Waals surface area contributed by atoms with Gasteiger partial charge < -0.3 is 4.74 Å². The van der Waals surface area contributed by atoms with Crippen LogP contribution in [0.15, 0.2) is 29.2 Å². The van der Waals surface area contributed by atoms with Gasteiger partial charge in [-0.05, 0) is 30.5 Å². The van der Waals surface area contributed by atoms with Crippen molar-refractivity contribution in [3.63, 3.8) is 0 Å². The maximum Gasteiger partial charge on any atom is 0.573 e. The fourth-order valence-corrected chi connectivity index (χ4v) is 1.19. The van der Waals surface area contributed by atoms with E-state index in [0.29, 0.717) is 0 Å². The highest BCUT2D eigenvalue weighted by molar-refractivity contribution is 7.98. The van der Waals surface area contributed by atoms with Crippen molar-refractivity contribution < 1.29 is 17.9 Å². The van der Waals surface area contributed by atoms with Crippen LogP contribution < -0.4 is 4.74 Å². The number of benzene rings is 1. The van der Waals surface area contributed by atoms with Crippen LogP contribution in [-0.4, -0.2) is 12.6 Å². The highest BCUT2D eigenvalue weighted by Gasteiger charge is 2.30. The smallest absolute Gasteiger partial charge is 0.406 e. The molecule has 0 aliphatic carbocycles. The molecule has 0 aromatic heterocycles. The molecule has 0 spiro atoms. The summed E-state index contributed by atoms with van der Waals surface area (Å²) in [5.41, 5.74) is 0. The van der Waals surface area contributed by atoms with Gasteiger partial charge in [0.1, 0.15) is 5.75 Å². The van der Waals surface area contributed by atoms with E-state index in [2.05, 4.69) is 4.74 Å². The second-order valence-electron chi connectivity index (χ2n) is 2.22. The maximum atomic E-state index is 11.7. The molecule has 0 aliphatic heterocycles. The van der Waals surface area contributed by atoms with E-state index < -0.39 is 6.36 Å². The average Bonchev–Trinajstić information content (AvgIpc) is 2.33. The van der Waals surface area contributed by atoms with Crippen LogP contribution >= 0.6 is 11.8 Å². The van der Waals surface area contributed by atoms with E-state index in [4.69, 9.17) is 0 Å². The number of halogens is 3. The van der Waals surface area contributed by atoms with Gasteiger partial charge in [-0.3, -0.25) is 0 Å². The Morgan fingerprint density at radius 1 is 0.941 bits per heavy atom. The molecule has 1 rings (SSSR count). The second-order valence-corrected chi connectivity index (χ2v) is 3.10. The van der Waals surface area contributed by atoms with Crippen molar-refractivity contribution >= 4 is 11.8 Å². The van der Waals surface area contributed by atoms with Gasteiger partial charge in [0.25, 0.3) is 0 Å². The SMILES string of the molecule is CC.CC.CSc1ccc(OC(F)(F)F)cc1. The van der Waals surface area contributed by atoms with Crippen molar-refractivity contribution in [2.45, 2.75) is 39.0 Å². The van der Waals surface area contributed by atoms with Crippen molar-refractivity contribution in [3.05, 3.63) is 24.3 Å². The summed E-state index contributed by atoms with van der Waals surface area (Å²) < 4.78 is 38.8. The summed E-state index contributed by atoms with van der Waals surface area (Å²) in [5.74, 6) is -0.190. The molecule has 17 heavy (non-hydrogen) atoms. The van der Waals surface area contributed by atoms with Gasteiger partial charge in [0, 0.05) is 4.90 Å². The standard InChI is InChI=1S/C8H7F3OS.2C2H6/c1-13-7-4-2-6(3-5-7)12-8(9,10)11;2*1-2/h2-5H,1H3;2*1-2H3. The van der Waals surface area contributed by atoms with Crippen molar-refractivity contribution in [1.82, 2.24) is 0 Å². The minimum Gasteiger partial charge on any atom is -0.406 e. The van der Waals surface area contributed by atoms with Crippen LogP contribution in [0.2, 0.25) is 0 Å². The molecule has 1 nitrogen and oxygen atoms in total. The molecule has 1 aromatic rings. The molecule has 0 amide bonds. The molecular formula is C12H19F3OS. The minimum atomic E-state index is -4.61. The van der Waals surface area contributed by atoms with Crippen molar-refractivity contribution in [1.29, 1.82) is 0 Å². The summed E-state index contributed by atoms with van der Waals surface area (Å²) in [5, 5.41) is 0. The topological polar surface area (TPSA) is 9.23 Å². The maximum absolute atomic E-state index is 11.7. The molecule has 1 aromatic carbocycles. The Hall–Kier alpha value is -0.840. The molecule has 0 bridgehead atoms. The predicted molar refractivity (Wildman–Crippen MR) is 67.6 cm³/mol. The molecule has 0 saturated carbocycles. The predicted octanol–water partition coefficient (Wildman–Crippen LogP) is 5.36. The zero-order chi connectivity index (χ0) is 13.9. The summed E-state index contributed by atoms with van der Waals surface area (Å²) in [6.07, 6.45) is -2.76. The Balaban J connectivity index is 0. The van der Waals surface area contributed by atoms with Gasteiger partial charge in [-0.1, -0.05) is 27.7 Å². The van der Waals surface area contributed by atoms with Gasteiger partial charge in [-0.2, -0.15) is 0 Å². The van der Waals surface area contributed by atoms with Crippen LogP contribution in [0.3, 0.4) is 0 Å². The second kappa shape index (κ2) is 10.3. The highest BCUT2D eigenvalue weighted by atomic mass is 32.2. The molecular weight excluding hydrogens is 249 g/mol. The molecule has 0 fully saturated rings. The van der Waals surface area contributed by atoms with E-state index in [1.54, 1.807) is 12.1 Å². The van der Waals surface area contributed by atoms with Crippen molar-refractivity contribution in [2.75, 3.05) is 6.26 Å². The van der Waals surface area contributed by atoms with E-state index in [0.717, 1.165) is 4.90 Å². The third-order valence-corrected chi connectivity index (χ3v) is 2.04. The molecule has 0 heterocycles. The number of hydrogen-bond donors (Lipinski definition) is 0. The largest absolute Gasteiger partial charge is 0.573 e. The van der Waals surface area contributed by atoms with E-state index in [1.165, 1.54) is 23.9 Å². The highest BCUT2D eigenvalue weighted by Crippen LogP contribution is 2.24. The van der Waals surface area contributed by atoms with Gasteiger partial charge >= 0.3 is 6.36 Å². The van der Waals surface area contributed by atoms with E-state index >= 15 is 0 Å². The minimum absolute atomic E-state index is 0.190. The molecule has 0 atom stereocenters. The van der Waals surface area contributed by atoms with Crippen LogP contribution in [0.25, 0.3) is 0 Å². The van der Waals surface area contributed by atoms with E-state index in [-0.39, 0.29) is 5.75 Å². The summed E-state index contributed by atoms with van der Waals surface area (Å²) in [4.78, 5) is 0.898. The first-order chi connectivity index (χ1) is 8.01. The first-order valence-electron chi connectivity index (χ1n) is 5.41. The first-order valence-corrected chi connectivity index (χ1v) is 6.63. The first kappa shape index (κ1) is 18.5. The normalized spacial score (nSPS) is 9.41. The molecule has 0 unspecified atom stereocenters. The Labute approximate surface area is 105 Å². The van der Waals surface area contributed by atoms with Gasteiger partial charge in [0.15, 0.2) is 0 Å². The molecule has 0 N–H and O–H groups in total. The van der Waals surface area contributed by atoms with Crippen molar-refractivity contribution in [2.24, 2.45) is 0 Å². The lowest BCUT2D eigenvalue weighted by Gasteiger charge is -2.08. The van der Waals surface area contributed by atoms with Crippen molar-refractivity contribution in [3.8, 4) is 5.75 Å². The number of thioether (sulfide) groups is 1. The van der Waals surface area contributed by atoms with Crippen LogP contribution in [-0.2, 0) is 0 Å². The lowest BCUT2D eigenvalue weighted by molar-refractivity contribution is -0.274. The van der Waals surface area contributed by atoms with Gasteiger partial charge in [0.2, 0.25) is 0 Å². The summed E-state index contributed by atoms with van der Waals surface area (Å²) in [6, 6.07) is 5.73. The van der Waals surface area contributed by atoms with E-state index in [1.807, 2.05) is 34.0 Å². The average molecular weight is 268 g/mol. The van der Waals surface area contributed by atoms with Crippen LogP contribution in [0.1, 0.15) is 27.7 Å². The van der Waals surface area contributed by atoms with Crippen LogP contribution in [0.4, 0.5) is 13.2 Å².